The summed E-state index contributed by atoms with van der Waals surface area (Å²) < 4.78 is 34.1. The third kappa shape index (κ3) is 13.2. The molecule has 0 bridgehead atoms. The molecule has 0 unspecified atom stereocenters. The zero-order chi connectivity index (χ0) is 17.3. The summed E-state index contributed by atoms with van der Waals surface area (Å²) in [4.78, 5) is 31.9. The second kappa shape index (κ2) is 13.5. The Morgan fingerprint density at radius 2 is 0.920 bits per heavy atom. The summed E-state index contributed by atoms with van der Waals surface area (Å²) in [5.41, 5.74) is 0.636. The Morgan fingerprint density at radius 1 is 0.680 bits per heavy atom. The van der Waals surface area contributed by atoms with E-state index in [1.165, 1.54) is 0 Å². The Hall–Kier alpha value is -0.750. The van der Waals surface area contributed by atoms with E-state index in [1.807, 2.05) is 0 Å². The van der Waals surface area contributed by atoms with E-state index in [2.05, 4.69) is 9.78 Å². The molecule has 8 nitrogen and oxygen atoms in total. The maximum absolute atomic E-state index is 11.5. The first-order chi connectivity index (χ1) is 10.8. The molecule has 0 N–H and O–H groups in total. The van der Waals surface area contributed by atoms with Crippen molar-refractivity contribution in [2.45, 2.75) is 0 Å². The van der Waals surface area contributed by atoms with E-state index in [4.69, 9.17) is 17.5 Å². The van der Waals surface area contributed by atoms with Gasteiger partial charge in [-0.1, -0.05) is 36.4 Å². The molecular weight excluding hydrogens is 374 g/mol. The van der Waals surface area contributed by atoms with Crippen molar-refractivity contribution >= 4 is 22.3 Å². The van der Waals surface area contributed by atoms with Crippen molar-refractivity contribution < 1.29 is 96.0 Å². The van der Waals surface area contributed by atoms with E-state index < -0.39 is 22.3 Å². The van der Waals surface area contributed by atoms with Crippen LogP contribution in [0.1, 0.15) is 20.7 Å². The van der Waals surface area contributed by atoms with Gasteiger partial charge in [-0.3, -0.25) is 8.42 Å². The SMILES string of the molecule is O=C(OOC(=O)c1ccccc1)c1ccccc1.O=S(=O)([O-])[O-].[Na+].[Na+]. The molecule has 2 rings (SSSR count). The number of benzene rings is 2. The predicted octanol–water partition coefficient (Wildman–Crippen LogP) is -4.71. The first-order valence-corrected chi connectivity index (χ1v) is 7.30. The van der Waals surface area contributed by atoms with Crippen LogP contribution in [0.5, 0.6) is 0 Å². The molecule has 0 aliphatic carbocycles. The molecule has 0 saturated heterocycles. The minimum atomic E-state index is -5.17. The number of carbonyl (C=O) groups excluding carboxylic acids is 2. The van der Waals surface area contributed by atoms with Crippen LogP contribution in [-0.4, -0.2) is 29.5 Å². The normalized spacial score (nSPS) is 9.20. The molecule has 2 aromatic carbocycles. The van der Waals surface area contributed by atoms with Gasteiger partial charge in [0.15, 0.2) is 0 Å². The predicted molar refractivity (Wildman–Crippen MR) is 74.2 cm³/mol. The van der Waals surface area contributed by atoms with Crippen LogP contribution in [0.4, 0.5) is 0 Å². The van der Waals surface area contributed by atoms with E-state index in [0.29, 0.717) is 11.1 Å². The molecule has 2 aromatic rings. The molecule has 0 atom stereocenters. The minimum Gasteiger partial charge on any atom is -0.759 e. The number of carbonyl (C=O) groups is 2. The van der Waals surface area contributed by atoms with E-state index in [9.17, 15) is 9.59 Å². The summed E-state index contributed by atoms with van der Waals surface area (Å²) in [6.45, 7) is 0. The van der Waals surface area contributed by atoms with Gasteiger partial charge in [-0.05, 0) is 24.3 Å². The standard InChI is InChI=1S/C14H10O4.2Na.H2O4S/c15-13(11-7-3-1-4-8-11)17-18-14(16)12-9-5-2-6-10-12;;;1-5(2,3)4/h1-10H;;;(H2,1,2,3,4)/q;2*+1;/p-2. The maximum Gasteiger partial charge on any atom is 1.00 e. The summed E-state index contributed by atoms with van der Waals surface area (Å²) in [6.07, 6.45) is 0. The summed E-state index contributed by atoms with van der Waals surface area (Å²) in [6, 6.07) is 16.6. The van der Waals surface area contributed by atoms with Gasteiger partial charge in [0.2, 0.25) is 0 Å². The molecule has 0 spiro atoms. The van der Waals surface area contributed by atoms with Crippen LogP contribution >= 0.6 is 0 Å². The molecule has 0 amide bonds. The molecule has 0 radical (unpaired) electrons. The minimum absolute atomic E-state index is 0. The van der Waals surface area contributed by atoms with E-state index in [-0.39, 0.29) is 59.1 Å². The molecule has 0 heterocycles. The monoisotopic (exact) mass is 384 g/mol. The number of hydrogen-bond donors (Lipinski definition) is 0. The van der Waals surface area contributed by atoms with Crippen LogP contribution < -0.4 is 59.1 Å². The summed E-state index contributed by atoms with van der Waals surface area (Å²) >= 11 is 0. The largest absolute Gasteiger partial charge is 1.00 e. The van der Waals surface area contributed by atoms with Crippen LogP contribution in [0.2, 0.25) is 0 Å². The second-order valence-electron chi connectivity index (χ2n) is 3.88. The third-order valence-corrected chi connectivity index (χ3v) is 2.21. The molecule has 11 heteroatoms. The van der Waals surface area contributed by atoms with Gasteiger partial charge >= 0.3 is 71.1 Å². The number of hydrogen-bond acceptors (Lipinski definition) is 8. The van der Waals surface area contributed by atoms with Crippen molar-refractivity contribution in [1.82, 2.24) is 0 Å². The van der Waals surface area contributed by atoms with Crippen molar-refractivity contribution in [2.24, 2.45) is 0 Å². The molecule has 0 fully saturated rings. The fraction of sp³-hybridized carbons (Fsp3) is 0. The van der Waals surface area contributed by atoms with Crippen LogP contribution in [0, 0.1) is 0 Å². The van der Waals surface area contributed by atoms with Gasteiger partial charge in [0, 0.05) is 10.4 Å². The Balaban J connectivity index is 0. The van der Waals surface area contributed by atoms with Crippen molar-refractivity contribution in [3.05, 3.63) is 71.8 Å². The summed E-state index contributed by atoms with van der Waals surface area (Å²) in [5, 5.41) is 0. The average Bonchev–Trinajstić information content (AvgIpc) is 2.52. The van der Waals surface area contributed by atoms with Gasteiger partial charge in [0.05, 0.1) is 11.1 Å². The van der Waals surface area contributed by atoms with E-state index in [1.54, 1.807) is 60.7 Å². The van der Waals surface area contributed by atoms with Crippen molar-refractivity contribution in [1.29, 1.82) is 0 Å². The average molecular weight is 384 g/mol. The molecule has 122 valence electrons. The molecule has 25 heavy (non-hydrogen) atoms. The molecular formula is C14H10Na2O8S. The second-order valence-corrected chi connectivity index (χ2v) is 4.70. The Labute approximate surface area is 188 Å². The quantitative estimate of drug-likeness (QED) is 0.166. The van der Waals surface area contributed by atoms with Crippen molar-refractivity contribution in [3.8, 4) is 0 Å². The third-order valence-electron chi connectivity index (χ3n) is 2.21. The summed E-state index contributed by atoms with van der Waals surface area (Å²) in [7, 11) is -5.17. The van der Waals surface area contributed by atoms with Gasteiger partial charge in [-0.15, -0.1) is 0 Å². The van der Waals surface area contributed by atoms with E-state index in [0.717, 1.165) is 0 Å². The van der Waals surface area contributed by atoms with Crippen LogP contribution in [0.15, 0.2) is 60.7 Å². The molecule has 0 saturated carbocycles. The summed E-state index contributed by atoms with van der Waals surface area (Å²) in [5.74, 6) is -1.42. The van der Waals surface area contributed by atoms with Crippen LogP contribution in [0.25, 0.3) is 0 Å². The Kier molecular flexibility index (Phi) is 14.2. The van der Waals surface area contributed by atoms with Crippen molar-refractivity contribution in [2.75, 3.05) is 0 Å². The Bertz CT molecular complexity index is 691. The van der Waals surface area contributed by atoms with Gasteiger partial charge in [-0.2, -0.15) is 0 Å². The van der Waals surface area contributed by atoms with Gasteiger partial charge in [0.25, 0.3) is 0 Å². The number of rotatable bonds is 2. The van der Waals surface area contributed by atoms with Gasteiger partial charge in [-0.25, -0.2) is 19.4 Å². The van der Waals surface area contributed by atoms with Crippen molar-refractivity contribution in [3.63, 3.8) is 0 Å². The first-order valence-electron chi connectivity index (χ1n) is 5.97. The fourth-order valence-corrected chi connectivity index (χ4v) is 1.32. The smallest absolute Gasteiger partial charge is 0.759 e. The zero-order valence-corrected chi connectivity index (χ0v) is 18.3. The maximum atomic E-state index is 11.5. The first kappa shape index (κ1) is 26.5. The van der Waals surface area contributed by atoms with E-state index >= 15 is 0 Å². The van der Waals surface area contributed by atoms with Gasteiger partial charge in [0.1, 0.15) is 0 Å². The molecule has 0 aliphatic rings. The molecule has 0 aromatic heterocycles. The van der Waals surface area contributed by atoms with Crippen LogP contribution in [-0.2, 0) is 20.2 Å². The Morgan fingerprint density at radius 3 is 1.16 bits per heavy atom. The molecule has 0 aliphatic heterocycles. The zero-order valence-electron chi connectivity index (χ0n) is 13.4. The fourth-order valence-electron chi connectivity index (χ4n) is 1.32. The van der Waals surface area contributed by atoms with Crippen LogP contribution in [0.3, 0.4) is 0 Å². The topological polar surface area (TPSA) is 133 Å². The van der Waals surface area contributed by atoms with Gasteiger partial charge < -0.3 is 9.11 Å².